The molecule has 28 heavy (non-hydrogen) atoms. The number of hydrogen-bond acceptors (Lipinski definition) is 6. The van der Waals surface area contributed by atoms with Crippen LogP contribution in [0.2, 0.25) is 0 Å². The van der Waals surface area contributed by atoms with Crippen molar-refractivity contribution in [1.29, 1.82) is 0 Å². The molecule has 8 nitrogen and oxygen atoms in total. The van der Waals surface area contributed by atoms with E-state index in [0.29, 0.717) is 16.8 Å². The lowest BCUT2D eigenvalue weighted by Gasteiger charge is -2.20. The number of imide groups is 1. The average molecular weight is 403 g/mol. The second-order valence-electron chi connectivity index (χ2n) is 7.16. The summed E-state index contributed by atoms with van der Waals surface area (Å²) in [6.07, 6.45) is 5.75. The Morgan fingerprint density at radius 2 is 1.96 bits per heavy atom. The predicted octanol–water partition coefficient (Wildman–Crippen LogP) is 3.10. The van der Waals surface area contributed by atoms with E-state index in [9.17, 15) is 9.59 Å². The van der Waals surface area contributed by atoms with Gasteiger partial charge in [-0.15, -0.1) is 10.2 Å². The molecule has 1 heterocycles. The number of benzene rings is 1. The molecule has 0 aliphatic heterocycles. The van der Waals surface area contributed by atoms with Crippen molar-refractivity contribution in [2.75, 3.05) is 16.9 Å². The van der Waals surface area contributed by atoms with Crippen molar-refractivity contribution < 1.29 is 9.59 Å². The fourth-order valence-corrected chi connectivity index (χ4v) is 4.09. The summed E-state index contributed by atoms with van der Waals surface area (Å²) in [5.41, 5.74) is 2.71. The Morgan fingerprint density at radius 1 is 1.21 bits per heavy atom. The summed E-state index contributed by atoms with van der Waals surface area (Å²) >= 11 is 1.17. The van der Waals surface area contributed by atoms with Crippen molar-refractivity contribution in [2.24, 2.45) is 0 Å². The number of carbonyl (C=O) groups excluding carboxylic acids is 2. The van der Waals surface area contributed by atoms with E-state index in [1.54, 1.807) is 0 Å². The first kappa shape index (κ1) is 20.2. The molecule has 0 atom stereocenters. The lowest BCUT2D eigenvalue weighted by molar-refractivity contribution is -0.117. The van der Waals surface area contributed by atoms with Gasteiger partial charge in [-0.25, -0.2) is 9.47 Å². The van der Waals surface area contributed by atoms with Crippen LogP contribution in [-0.2, 0) is 4.79 Å². The minimum absolute atomic E-state index is 0.0281. The second-order valence-corrected chi connectivity index (χ2v) is 8.10. The van der Waals surface area contributed by atoms with Crippen LogP contribution in [-0.4, -0.2) is 32.6 Å². The van der Waals surface area contributed by atoms with Gasteiger partial charge < -0.3 is 11.2 Å². The van der Waals surface area contributed by atoms with Gasteiger partial charge in [-0.05, 0) is 38.3 Å². The minimum Gasteiger partial charge on any atom is -0.336 e. The van der Waals surface area contributed by atoms with Gasteiger partial charge in [0, 0.05) is 11.6 Å². The Balaban J connectivity index is 1.50. The summed E-state index contributed by atoms with van der Waals surface area (Å²) in [6, 6.07) is 5.12. The molecule has 3 rings (SSSR count). The van der Waals surface area contributed by atoms with Gasteiger partial charge in [-0.1, -0.05) is 48.7 Å². The molecule has 2 aromatic rings. The van der Waals surface area contributed by atoms with E-state index >= 15 is 0 Å². The molecule has 1 aromatic carbocycles. The molecule has 1 aromatic heterocycles. The van der Waals surface area contributed by atoms with Gasteiger partial charge in [-0.2, -0.15) is 0 Å². The average Bonchev–Trinajstić information content (AvgIpc) is 3.03. The van der Waals surface area contributed by atoms with Crippen LogP contribution in [0, 0.1) is 13.8 Å². The molecular formula is C19H26N6O2S. The first-order chi connectivity index (χ1) is 13.4. The minimum atomic E-state index is -0.560. The van der Waals surface area contributed by atoms with Gasteiger partial charge in [-0.3, -0.25) is 10.1 Å². The van der Waals surface area contributed by atoms with Crippen LogP contribution in [0.3, 0.4) is 0 Å². The molecule has 9 heteroatoms. The molecule has 1 saturated carbocycles. The molecule has 1 aliphatic carbocycles. The van der Waals surface area contributed by atoms with Crippen molar-refractivity contribution in [3.8, 4) is 0 Å². The summed E-state index contributed by atoms with van der Waals surface area (Å²) in [4.78, 5) is 24.1. The number of nitrogens with one attached hydrogen (secondary N) is 2. The lowest BCUT2D eigenvalue weighted by Crippen LogP contribution is -2.35. The zero-order valence-electron chi connectivity index (χ0n) is 16.2. The van der Waals surface area contributed by atoms with Crippen molar-refractivity contribution in [1.82, 2.24) is 20.2 Å². The van der Waals surface area contributed by atoms with Gasteiger partial charge in [0.1, 0.15) is 0 Å². The van der Waals surface area contributed by atoms with Crippen molar-refractivity contribution >= 4 is 29.4 Å². The highest BCUT2D eigenvalue weighted by molar-refractivity contribution is 7.99. The number of carbonyl (C=O) groups is 2. The summed E-state index contributed by atoms with van der Waals surface area (Å²) < 4.78 is 1.48. The number of rotatable bonds is 5. The number of aryl methyl sites for hydroxylation is 2. The van der Waals surface area contributed by atoms with Crippen LogP contribution in [0.1, 0.15) is 55.0 Å². The number of nitrogens with two attached hydrogens (primary N) is 1. The van der Waals surface area contributed by atoms with Gasteiger partial charge in [0.15, 0.2) is 5.82 Å². The van der Waals surface area contributed by atoms with Gasteiger partial charge >= 0.3 is 6.03 Å². The summed E-state index contributed by atoms with van der Waals surface area (Å²) in [7, 11) is 0. The SMILES string of the molecule is Cc1ccc(NC(=O)NC(=O)CSc2nnc(C3CCCCC3)n2N)c(C)c1. The number of aromatic nitrogens is 3. The molecule has 0 radical (unpaired) electrons. The Bertz CT molecular complexity index is 860. The monoisotopic (exact) mass is 402 g/mol. The third-order valence-electron chi connectivity index (χ3n) is 4.88. The van der Waals surface area contributed by atoms with Crippen molar-refractivity contribution in [3.63, 3.8) is 0 Å². The maximum absolute atomic E-state index is 12.1. The molecular weight excluding hydrogens is 376 g/mol. The van der Waals surface area contributed by atoms with Crippen LogP contribution in [0.5, 0.6) is 0 Å². The molecule has 0 spiro atoms. The molecule has 4 N–H and O–H groups in total. The Morgan fingerprint density at radius 3 is 2.68 bits per heavy atom. The molecule has 1 aliphatic rings. The van der Waals surface area contributed by atoms with Gasteiger partial charge in [0.2, 0.25) is 11.1 Å². The van der Waals surface area contributed by atoms with Crippen LogP contribution < -0.4 is 16.5 Å². The number of amides is 3. The zero-order chi connectivity index (χ0) is 20.1. The van der Waals surface area contributed by atoms with E-state index in [2.05, 4.69) is 20.8 Å². The Hall–Kier alpha value is -2.55. The molecule has 150 valence electrons. The van der Waals surface area contributed by atoms with E-state index in [1.165, 1.54) is 35.7 Å². The fourth-order valence-electron chi connectivity index (χ4n) is 3.43. The van der Waals surface area contributed by atoms with Gasteiger partial charge in [0.25, 0.3) is 0 Å². The maximum Gasteiger partial charge on any atom is 0.325 e. The van der Waals surface area contributed by atoms with E-state index < -0.39 is 11.9 Å². The smallest absolute Gasteiger partial charge is 0.325 e. The van der Waals surface area contributed by atoms with Crippen LogP contribution in [0.15, 0.2) is 23.4 Å². The predicted molar refractivity (Wildman–Crippen MR) is 110 cm³/mol. The van der Waals surface area contributed by atoms with E-state index in [4.69, 9.17) is 5.84 Å². The van der Waals surface area contributed by atoms with Crippen molar-refractivity contribution in [2.45, 2.75) is 57.0 Å². The number of anilines is 1. The fraction of sp³-hybridized carbons (Fsp3) is 0.474. The largest absolute Gasteiger partial charge is 0.336 e. The molecule has 1 fully saturated rings. The third kappa shape index (κ3) is 5.03. The molecule has 0 bridgehead atoms. The Kier molecular flexibility index (Phi) is 6.56. The highest BCUT2D eigenvalue weighted by Gasteiger charge is 2.23. The molecule has 0 unspecified atom stereocenters. The number of urea groups is 1. The quantitative estimate of drug-likeness (QED) is 0.523. The van der Waals surface area contributed by atoms with Crippen LogP contribution in [0.4, 0.5) is 10.5 Å². The topological polar surface area (TPSA) is 115 Å². The van der Waals surface area contributed by atoms with E-state index in [0.717, 1.165) is 29.8 Å². The van der Waals surface area contributed by atoms with E-state index in [1.807, 2.05) is 32.0 Å². The summed E-state index contributed by atoms with van der Waals surface area (Å²) in [5, 5.41) is 13.8. The van der Waals surface area contributed by atoms with Crippen LogP contribution >= 0.6 is 11.8 Å². The summed E-state index contributed by atoms with van der Waals surface area (Å²) in [6.45, 7) is 3.88. The Labute approximate surface area is 168 Å². The van der Waals surface area contributed by atoms with Crippen LogP contribution in [0.25, 0.3) is 0 Å². The second kappa shape index (κ2) is 9.09. The normalized spacial score (nSPS) is 14.6. The van der Waals surface area contributed by atoms with Gasteiger partial charge in [0.05, 0.1) is 5.75 Å². The first-order valence-corrected chi connectivity index (χ1v) is 10.4. The maximum atomic E-state index is 12.1. The third-order valence-corrected chi connectivity index (χ3v) is 5.82. The molecule has 3 amide bonds. The standard InChI is InChI=1S/C19H26N6O2S/c1-12-8-9-15(13(2)10-12)21-18(27)22-16(26)11-28-19-24-23-17(25(19)20)14-6-4-3-5-7-14/h8-10,14H,3-7,11,20H2,1-2H3,(H2,21,22,26,27). The number of hydrogen-bond donors (Lipinski definition) is 3. The molecule has 0 saturated heterocycles. The lowest BCUT2D eigenvalue weighted by atomic mass is 9.89. The number of thioether (sulfide) groups is 1. The number of nitrogens with zero attached hydrogens (tertiary/aromatic N) is 3. The highest BCUT2D eigenvalue weighted by Crippen LogP contribution is 2.32. The van der Waals surface area contributed by atoms with E-state index in [-0.39, 0.29) is 5.75 Å². The first-order valence-electron chi connectivity index (χ1n) is 9.45. The van der Waals surface area contributed by atoms with Crippen molar-refractivity contribution in [3.05, 3.63) is 35.2 Å². The highest BCUT2D eigenvalue weighted by atomic mass is 32.2. The summed E-state index contributed by atoms with van der Waals surface area (Å²) in [5.74, 6) is 6.82. The zero-order valence-corrected chi connectivity index (χ0v) is 17.0. The number of nitrogen functional groups attached to an aromatic ring is 1.